The quantitative estimate of drug-likeness (QED) is 0.714. The van der Waals surface area contributed by atoms with Crippen LogP contribution in [-0.4, -0.2) is 25.8 Å². The Bertz CT molecular complexity index is 706. The van der Waals surface area contributed by atoms with Crippen molar-refractivity contribution in [3.8, 4) is 11.5 Å². The number of anilines is 1. The molecule has 0 spiro atoms. The zero-order valence-electron chi connectivity index (χ0n) is 16.0. The van der Waals surface area contributed by atoms with Crippen molar-refractivity contribution in [2.75, 3.05) is 25.1 Å². The Labute approximate surface area is 155 Å². The van der Waals surface area contributed by atoms with Gasteiger partial charge in [-0.3, -0.25) is 0 Å². The van der Waals surface area contributed by atoms with E-state index in [-0.39, 0.29) is 11.4 Å². The second-order valence-electron chi connectivity index (χ2n) is 6.93. The molecule has 5 heteroatoms. The molecule has 2 amide bonds. The summed E-state index contributed by atoms with van der Waals surface area (Å²) in [6.45, 7) is 9.75. The molecule has 0 aliphatic heterocycles. The van der Waals surface area contributed by atoms with Crippen molar-refractivity contribution in [1.82, 2.24) is 5.32 Å². The summed E-state index contributed by atoms with van der Waals surface area (Å²) in [7, 11) is 0. The number of hydrogen-bond acceptors (Lipinski definition) is 3. The van der Waals surface area contributed by atoms with E-state index in [1.165, 1.54) is 0 Å². The summed E-state index contributed by atoms with van der Waals surface area (Å²) >= 11 is 0. The highest BCUT2D eigenvalue weighted by Gasteiger charge is 2.18. The molecule has 0 heterocycles. The Kier molecular flexibility index (Phi) is 6.89. The normalized spacial score (nSPS) is 10.9. The standard InChI is InChI=1S/C21H28N2O3/c1-5-25-16-10-12-17(13-11-16)26-15-14-22-20(24)23-19-9-7-6-8-18(19)21(2,3)4/h6-13H,5,14-15H2,1-4H3,(H2,22,23,24). The summed E-state index contributed by atoms with van der Waals surface area (Å²) in [5.74, 6) is 1.56. The lowest BCUT2D eigenvalue weighted by Crippen LogP contribution is -2.33. The molecular formula is C21H28N2O3. The van der Waals surface area contributed by atoms with Crippen LogP contribution in [-0.2, 0) is 5.41 Å². The van der Waals surface area contributed by atoms with Crippen molar-refractivity contribution < 1.29 is 14.3 Å². The van der Waals surface area contributed by atoms with Gasteiger partial charge in [0.25, 0.3) is 0 Å². The molecule has 0 bridgehead atoms. The maximum Gasteiger partial charge on any atom is 0.319 e. The average Bonchev–Trinajstić information content (AvgIpc) is 2.60. The monoisotopic (exact) mass is 356 g/mol. The fourth-order valence-electron chi connectivity index (χ4n) is 2.54. The maximum absolute atomic E-state index is 12.1. The third kappa shape index (κ3) is 5.99. The molecule has 0 atom stereocenters. The summed E-state index contributed by atoms with van der Waals surface area (Å²) in [6, 6.07) is 15.0. The Morgan fingerprint density at radius 3 is 2.19 bits per heavy atom. The minimum Gasteiger partial charge on any atom is -0.494 e. The first kappa shape index (κ1) is 19.6. The highest BCUT2D eigenvalue weighted by atomic mass is 16.5. The van der Waals surface area contributed by atoms with Crippen LogP contribution in [0, 0.1) is 0 Å². The average molecular weight is 356 g/mol. The van der Waals surface area contributed by atoms with Crippen molar-refractivity contribution in [3.63, 3.8) is 0 Å². The van der Waals surface area contributed by atoms with E-state index in [0.717, 1.165) is 22.7 Å². The van der Waals surface area contributed by atoms with E-state index in [0.29, 0.717) is 19.8 Å². The van der Waals surface area contributed by atoms with Crippen LogP contribution in [0.15, 0.2) is 48.5 Å². The molecule has 5 nitrogen and oxygen atoms in total. The topological polar surface area (TPSA) is 59.6 Å². The molecule has 2 aromatic rings. The summed E-state index contributed by atoms with van der Waals surface area (Å²) in [5.41, 5.74) is 1.88. The number of hydrogen-bond donors (Lipinski definition) is 2. The fourth-order valence-corrected chi connectivity index (χ4v) is 2.54. The van der Waals surface area contributed by atoms with Gasteiger partial charge >= 0.3 is 6.03 Å². The van der Waals surface area contributed by atoms with Crippen LogP contribution >= 0.6 is 0 Å². The first-order chi connectivity index (χ1) is 12.4. The highest BCUT2D eigenvalue weighted by molar-refractivity contribution is 5.90. The minimum atomic E-state index is -0.239. The molecule has 2 rings (SSSR count). The molecule has 2 aromatic carbocycles. The van der Waals surface area contributed by atoms with Gasteiger partial charge in [-0.1, -0.05) is 39.0 Å². The van der Waals surface area contributed by atoms with Gasteiger partial charge in [0.1, 0.15) is 18.1 Å². The SMILES string of the molecule is CCOc1ccc(OCCNC(=O)Nc2ccccc2C(C)(C)C)cc1. The van der Waals surface area contributed by atoms with Gasteiger partial charge in [0.15, 0.2) is 0 Å². The van der Waals surface area contributed by atoms with Gasteiger partial charge in [0, 0.05) is 5.69 Å². The van der Waals surface area contributed by atoms with Crippen molar-refractivity contribution in [1.29, 1.82) is 0 Å². The van der Waals surface area contributed by atoms with E-state index in [1.54, 1.807) is 0 Å². The molecule has 0 saturated carbocycles. The highest BCUT2D eigenvalue weighted by Crippen LogP contribution is 2.29. The molecule has 0 aliphatic carbocycles. The van der Waals surface area contributed by atoms with Crippen LogP contribution < -0.4 is 20.1 Å². The zero-order chi connectivity index (χ0) is 19.0. The molecule has 0 aliphatic rings. The van der Waals surface area contributed by atoms with Gasteiger partial charge in [-0.15, -0.1) is 0 Å². The van der Waals surface area contributed by atoms with Crippen LogP contribution in [0.2, 0.25) is 0 Å². The summed E-state index contributed by atoms with van der Waals surface area (Å²) in [6.07, 6.45) is 0. The predicted molar refractivity (Wildman–Crippen MR) is 105 cm³/mol. The van der Waals surface area contributed by atoms with E-state index in [1.807, 2.05) is 55.5 Å². The van der Waals surface area contributed by atoms with Crippen LogP contribution in [0.5, 0.6) is 11.5 Å². The molecule has 26 heavy (non-hydrogen) atoms. The van der Waals surface area contributed by atoms with Crippen molar-refractivity contribution >= 4 is 11.7 Å². The van der Waals surface area contributed by atoms with Crippen molar-refractivity contribution in [3.05, 3.63) is 54.1 Å². The second-order valence-corrected chi connectivity index (χ2v) is 6.93. The molecule has 0 saturated heterocycles. The van der Waals surface area contributed by atoms with Crippen molar-refractivity contribution in [2.24, 2.45) is 0 Å². The van der Waals surface area contributed by atoms with E-state index < -0.39 is 0 Å². The predicted octanol–water partition coefficient (Wildman–Crippen LogP) is 4.58. The lowest BCUT2D eigenvalue weighted by Gasteiger charge is -2.23. The number of carbonyl (C=O) groups excluding carboxylic acids is 1. The lowest BCUT2D eigenvalue weighted by molar-refractivity contribution is 0.247. The van der Waals surface area contributed by atoms with E-state index >= 15 is 0 Å². The number of amides is 2. The molecule has 140 valence electrons. The van der Waals surface area contributed by atoms with E-state index in [9.17, 15) is 4.79 Å². The van der Waals surface area contributed by atoms with Crippen LogP contribution in [0.1, 0.15) is 33.3 Å². The third-order valence-corrected chi connectivity index (χ3v) is 3.77. The van der Waals surface area contributed by atoms with Crippen LogP contribution in [0.3, 0.4) is 0 Å². The van der Waals surface area contributed by atoms with Gasteiger partial charge < -0.3 is 20.1 Å². The lowest BCUT2D eigenvalue weighted by atomic mass is 9.86. The summed E-state index contributed by atoms with van der Waals surface area (Å²) in [4.78, 5) is 12.1. The Morgan fingerprint density at radius 1 is 0.962 bits per heavy atom. The molecule has 0 aromatic heterocycles. The molecule has 2 N–H and O–H groups in total. The maximum atomic E-state index is 12.1. The number of nitrogens with one attached hydrogen (secondary N) is 2. The van der Waals surface area contributed by atoms with E-state index in [2.05, 4.69) is 31.4 Å². The van der Waals surface area contributed by atoms with Gasteiger partial charge in [-0.05, 0) is 48.2 Å². The first-order valence-electron chi connectivity index (χ1n) is 8.90. The Morgan fingerprint density at radius 2 is 1.58 bits per heavy atom. The summed E-state index contributed by atoms with van der Waals surface area (Å²) < 4.78 is 11.0. The number of rotatable bonds is 7. The number of benzene rings is 2. The van der Waals surface area contributed by atoms with E-state index in [4.69, 9.17) is 9.47 Å². The first-order valence-corrected chi connectivity index (χ1v) is 8.90. The van der Waals surface area contributed by atoms with Gasteiger partial charge in [-0.25, -0.2) is 4.79 Å². The molecule has 0 fully saturated rings. The third-order valence-electron chi connectivity index (χ3n) is 3.77. The fraction of sp³-hybridized carbons (Fsp3) is 0.381. The van der Waals surface area contributed by atoms with Crippen LogP contribution in [0.4, 0.5) is 10.5 Å². The van der Waals surface area contributed by atoms with Gasteiger partial charge in [0.05, 0.1) is 13.2 Å². The number of carbonyl (C=O) groups is 1. The smallest absolute Gasteiger partial charge is 0.319 e. The molecule has 0 radical (unpaired) electrons. The van der Waals surface area contributed by atoms with Crippen molar-refractivity contribution in [2.45, 2.75) is 33.1 Å². The van der Waals surface area contributed by atoms with Gasteiger partial charge in [-0.2, -0.15) is 0 Å². The zero-order valence-corrected chi connectivity index (χ0v) is 16.0. The van der Waals surface area contributed by atoms with Crippen LogP contribution in [0.25, 0.3) is 0 Å². The largest absolute Gasteiger partial charge is 0.494 e. The number of para-hydroxylation sites is 1. The Balaban J connectivity index is 1.77. The number of urea groups is 1. The second kappa shape index (κ2) is 9.13. The molecular weight excluding hydrogens is 328 g/mol. The minimum absolute atomic E-state index is 0.0410. The number of ether oxygens (including phenoxy) is 2. The summed E-state index contributed by atoms with van der Waals surface area (Å²) in [5, 5.41) is 5.73. The van der Waals surface area contributed by atoms with Gasteiger partial charge in [0.2, 0.25) is 0 Å². The molecule has 0 unspecified atom stereocenters. The Hall–Kier alpha value is -2.69.